The van der Waals surface area contributed by atoms with E-state index in [1.54, 1.807) is 24.3 Å². The molecule has 2 aliphatic rings. The molecule has 1 aromatic heterocycles. The Labute approximate surface area is 154 Å². The van der Waals surface area contributed by atoms with Crippen LogP contribution >= 0.6 is 0 Å². The molecule has 1 saturated heterocycles. The van der Waals surface area contributed by atoms with E-state index in [0.29, 0.717) is 30.2 Å². The van der Waals surface area contributed by atoms with Gasteiger partial charge in [-0.05, 0) is 43.2 Å². The fourth-order valence-corrected chi connectivity index (χ4v) is 3.28. The third-order valence-corrected chi connectivity index (χ3v) is 4.64. The lowest BCUT2D eigenvalue weighted by molar-refractivity contribution is -0.244. The Kier molecular flexibility index (Phi) is 4.43. The third-order valence-electron chi connectivity index (χ3n) is 4.64. The summed E-state index contributed by atoms with van der Waals surface area (Å²) >= 11 is 0. The minimum atomic E-state index is -1.11. The second-order valence-corrected chi connectivity index (χ2v) is 6.64. The molecule has 2 aromatic rings. The Morgan fingerprint density at radius 3 is 2.26 bits per heavy atom. The molecule has 6 nitrogen and oxygen atoms in total. The van der Waals surface area contributed by atoms with Gasteiger partial charge in [-0.1, -0.05) is 6.42 Å². The summed E-state index contributed by atoms with van der Waals surface area (Å²) in [6.45, 7) is 0. The van der Waals surface area contributed by atoms with Crippen LogP contribution in [0.3, 0.4) is 0 Å². The van der Waals surface area contributed by atoms with E-state index in [4.69, 9.17) is 13.9 Å². The number of carbonyl (C=O) groups is 2. The van der Waals surface area contributed by atoms with Crippen molar-refractivity contribution < 1.29 is 27.9 Å². The maximum Gasteiger partial charge on any atom is 0.349 e. The highest BCUT2D eigenvalue weighted by Gasteiger charge is 2.46. The van der Waals surface area contributed by atoms with E-state index < -0.39 is 17.7 Å². The number of ether oxygens (including phenoxy) is 2. The first-order chi connectivity index (χ1) is 13.0. The standard InChI is InChI=1S/C20H18FNO5/c21-13-4-6-14(7-5-13)22-17-9-8-15(25-17)12-16-18(23)26-20(27-19(16)24)10-2-1-3-11-20/h4-9,12,22H,1-3,10-11H2. The number of nitrogens with one attached hydrogen (secondary N) is 1. The van der Waals surface area contributed by atoms with Crippen LogP contribution in [0.4, 0.5) is 16.0 Å². The van der Waals surface area contributed by atoms with Gasteiger partial charge in [0, 0.05) is 30.7 Å². The molecule has 1 aromatic carbocycles. The van der Waals surface area contributed by atoms with E-state index in [2.05, 4.69) is 5.32 Å². The summed E-state index contributed by atoms with van der Waals surface area (Å²) in [7, 11) is 0. The van der Waals surface area contributed by atoms with Crippen LogP contribution < -0.4 is 5.32 Å². The van der Waals surface area contributed by atoms with Gasteiger partial charge >= 0.3 is 11.9 Å². The topological polar surface area (TPSA) is 77.8 Å². The number of esters is 2. The highest BCUT2D eigenvalue weighted by Crippen LogP contribution is 2.37. The predicted octanol–water partition coefficient (Wildman–Crippen LogP) is 4.31. The van der Waals surface area contributed by atoms with E-state index >= 15 is 0 Å². The van der Waals surface area contributed by atoms with Gasteiger partial charge in [0.25, 0.3) is 5.79 Å². The summed E-state index contributed by atoms with van der Waals surface area (Å²) in [5, 5.41) is 2.96. The van der Waals surface area contributed by atoms with E-state index in [1.165, 1.54) is 18.2 Å². The molecule has 1 aliphatic carbocycles. The molecule has 27 heavy (non-hydrogen) atoms. The van der Waals surface area contributed by atoms with Gasteiger partial charge in [0.05, 0.1) is 0 Å². The zero-order valence-corrected chi connectivity index (χ0v) is 14.5. The number of hydrogen-bond donors (Lipinski definition) is 1. The lowest BCUT2D eigenvalue weighted by Gasteiger charge is -2.38. The summed E-state index contributed by atoms with van der Waals surface area (Å²) in [4.78, 5) is 24.7. The molecular weight excluding hydrogens is 353 g/mol. The van der Waals surface area contributed by atoms with E-state index in [-0.39, 0.29) is 11.4 Å². The maximum absolute atomic E-state index is 12.9. The van der Waals surface area contributed by atoms with Crippen molar-refractivity contribution in [3.63, 3.8) is 0 Å². The molecule has 0 radical (unpaired) electrons. The van der Waals surface area contributed by atoms with Crippen molar-refractivity contribution in [1.29, 1.82) is 0 Å². The largest absolute Gasteiger partial charge is 0.441 e. The van der Waals surface area contributed by atoms with Gasteiger partial charge in [-0.15, -0.1) is 0 Å². The number of halogens is 1. The first-order valence-corrected chi connectivity index (χ1v) is 8.84. The van der Waals surface area contributed by atoms with Gasteiger partial charge in [-0.2, -0.15) is 0 Å². The molecule has 1 N–H and O–H groups in total. The fraction of sp³-hybridized carbons (Fsp3) is 0.300. The normalized spacial score (nSPS) is 18.8. The van der Waals surface area contributed by atoms with Crippen molar-refractivity contribution >= 4 is 29.6 Å². The zero-order chi connectivity index (χ0) is 18.9. The molecular formula is C20H18FNO5. The number of rotatable bonds is 3. The van der Waals surface area contributed by atoms with Crippen molar-refractivity contribution in [1.82, 2.24) is 0 Å². The fourth-order valence-electron chi connectivity index (χ4n) is 3.28. The molecule has 0 atom stereocenters. The number of anilines is 2. The number of furan rings is 1. The summed E-state index contributed by atoms with van der Waals surface area (Å²) in [6.07, 6.45) is 5.12. The van der Waals surface area contributed by atoms with Crippen molar-refractivity contribution in [3.05, 3.63) is 53.5 Å². The minimum absolute atomic E-state index is 0.200. The third kappa shape index (κ3) is 3.72. The summed E-state index contributed by atoms with van der Waals surface area (Å²) in [5.74, 6) is -2.16. The molecule has 2 fully saturated rings. The average molecular weight is 371 g/mol. The quantitative estimate of drug-likeness (QED) is 0.492. The Bertz CT molecular complexity index is 871. The summed E-state index contributed by atoms with van der Waals surface area (Å²) < 4.78 is 29.4. The van der Waals surface area contributed by atoms with Crippen LogP contribution in [-0.4, -0.2) is 17.7 Å². The van der Waals surface area contributed by atoms with E-state index in [1.807, 2.05) is 0 Å². The number of carbonyl (C=O) groups excluding carboxylic acids is 2. The van der Waals surface area contributed by atoms with Crippen LogP contribution in [0.1, 0.15) is 37.9 Å². The summed E-state index contributed by atoms with van der Waals surface area (Å²) in [5.41, 5.74) is 0.439. The molecule has 0 bridgehead atoms. The van der Waals surface area contributed by atoms with Crippen LogP contribution in [0.15, 0.2) is 46.4 Å². The molecule has 140 valence electrons. The van der Waals surface area contributed by atoms with Crippen molar-refractivity contribution in [3.8, 4) is 0 Å². The molecule has 0 unspecified atom stereocenters. The highest BCUT2D eigenvalue weighted by atomic mass is 19.1. The molecule has 0 amide bonds. The lowest BCUT2D eigenvalue weighted by atomic mass is 9.93. The van der Waals surface area contributed by atoms with Gasteiger partial charge in [0.1, 0.15) is 17.2 Å². The smallest absolute Gasteiger partial charge is 0.349 e. The monoisotopic (exact) mass is 371 g/mol. The van der Waals surface area contributed by atoms with Gasteiger partial charge in [-0.25, -0.2) is 14.0 Å². The first-order valence-electron chi connectivity index (χ1n) is 8.84. The lowest BCUT2D eigenvalue weighted by Crippen LogP contribution is -2.47. The van der Waals surface area contributed by atoms with Gasteiger partial charge in [-0.3, -0.25) is 0 Å². The van der Waals surface area contributed by atoms with Crippen LogP contribution in [-0.2, 0) is 19.1 Å². The highest BCUT2D eigenvalue weighted by molar-refractivity contribution is 6.18. The SMILES string of the molecule is O=C1OC2(CCCCC2)OC(=O)C1=Cc1ccc(Nc2ccc(F)cc2)o1. The number of benzene rings is 1. The van der Waals surface area contributed by atoms with Gasteiger partial charge in [0.15, 0.2) is 5.88 Å². The number of hydrogen-bond acceptors (Lipinski definition) is 6. The first kappa shape index (κ1) is 17.3. The molecule has 4 rings (SSSR count). The maximum atomic E-state index is 12.9. The van der Waals surface area contributed by atoms with Crippen LogP contribution in [0.5, 0.6) is 0 Å². The molecule has 7 heteroatoms. The molecule has 2 heterocycles. The zero-order valence-electron chi connectivity index (χ0n) is 14.5. The van der Waals surface area contributed by atoms with E-state index in [0.717, 1.165) is 19.3 Å². The van der Waals surface area contributed by atoms with Gasteiger partial charge in [0.2, 0.25) is 0 Å². The Hall–Kier alpha value is -3.09. The van der Waals surface area contributed by atoms with Crippen molar-refractivity contribution in [2.75, 3.05) is 5.32 Å². The van der Waals surface area contributed by atoms with Crippen LogP contribution in [0.25, 0.3) is 6.08 Å². The Morgan fingerprint density at radius 1 is 0.926 bits per heavy atom. The Morgan fingerprint density at radius 2 is 1.59 bits per heavy atom. The second-order valence-electron chi connectivity index (χ2n) is 6.64. The summed E-state index contributed by atoms with van der Waals surface area (Å²) in [6, 6.07) is 9.01. The van der Waals surface area contributed by atoms with Crippen LogP contribution in [0, 0.1) is 5.82 Å². The van der Waals surface area contributed by atoms with Crippen LogP contribution in [0.2, 0.25) is 0 Å². The molecule has 1 aliphatic heterocycles. The van der Waals surface area contributed by atoms with Gasteiger partial charge < -0.3 is 19.2 Å². The van der Waals surface area contributed by atoms with E-state index in [9.17, 15) is 14.0 Å². The molecule has 1 spiro atoms. The molecule has 1 saturated carbocycles. The Balaban J connectivity index is 1.48. The predicted molar refractivity (Wildman–Crippen MR) is 94.4 cm³/mol. The van der Waals surface area contributed by atoms with Crippen molar-refractivity contribution in [2.45, 2.75) is 37.9 Å². The average Bonchev–Trinajstić information content (AvgIpc) is 3.08. The minimum Gasteiger partial charge on any atom is -0.441 e. The second kappa shape index (κ2) is 6.90. The van der Waals surface area contributed by atoms with Crippen molar-refractivity contribution in [2.24, 2.45) is 0 Å².